The molecule has 104 valence electrons. The molecule has 1 aromatic carbocycles. The van der Waals surface area contributed by atoms with E-state index in [1.807, 2.05) is 0 Å². The van der Waals surface area contributed by atoms with E-state index < -0.39 is 0 Å². The van der Waals surface area contributed by atoms with Crippen LogP contribution in [-0.4, -0.2) is 5.78 Å². The van der Waals surface area contributed by atoms with Crippen molar-refractivity contribution in [2.45, 2.75) is 46.5 Å². The number of benzene rings is 1. The van der Waals surface area contributed by atoms with Crippen molar-refractivity contribution < 1.29 is 9.18 Å². The summed E-state index contributed by atoms with van der Waals surface area (Å²) >= 11 is 0. The highest BCUT2D eigenvalue weighted by Crippen LogP contribution is 2.40. The molecule has 0 aliphatic heterocycles. The molecule has 0 N–H and O–H groups in total. The molecule has 1 aromatic rings. The zero-order valence-corrected chi connectivity index (χ0v) is 12.1. The first-order valence-corrected chi connectivity index (χ1v) is 7.18. The van der Waals surface area contributed by atoms with Gasteiger partial charge >= 0.3 is 0 Å². The van der Waals surface area contributed by atoms with Gasteiger partial charge in [0.25, 0.3) is 0 Å². The maximum atomic E-state index is 13.6. The Morgan fingerprint density at radius 1 is 1.11 bits per heavy atom. The first-order chi connectivity index (χ1) is 8.89. The van der Waals surface area contributed by atoms with Crippen LogP contribution < -0.4 is 0 Å². The summed E-state index contributed by atoms with van der Waals surface area (Å²) in [7, 11) is 0. The highest BCUT2D eigenvalue weighted by molar-refractivity contribution is 5.98. The number of Topliss-reactive ketones (excluding diaryl/α,β-unsaturated/α-hetero) is 1. The van der Waals surface area contributed by atoms with E-state index in [2.05, 4.69) is 20.8 Å². The minimum absolute atomic E-state index is 0.00883. The smallest absolute Gasteiger partial charge is 0.168 e. The van der Waals surface area contributed by atoms with E-state index >= 15 is 0 Å². The Balaban J connectivity index is 2.03. The maximum Gasteiger partial charge on any atom is 0.168 e. The third-order valence-corrected chi connectivity index (χ3v) is 4.46. The van der Waals surface area contributed by atoms with E-state index in [1.165, 1.54) is 6.07 Å². The van der Waals surface area contributed by atoms with Crippen LogP contribution in [-0.2, 0) is 0 Å². The molecule has 1 aliphatic rings. The maximum absolute atomic E-state index is 13.6. The number of carbonyl (C=O) groups is 1. The molecule has 0 spiro atoms. The number of halogens is 1. The lowest BCUT2D eigenvalue weighted by molar-refractivity contribution is 0.0815. The highest BCUT2D eigenvalue weighted by Gasteiger charge is 2.33. The van der Waals surface area contributed by atoms with Crippen molar-refractivity contribution in [3.05, 3.63) is 35.6 Å². The summed E-state index contributed by atoms with van der Waals surface area (Å²) in [6.07, 6.45) is 3.95. The van der Waals surface area contributed by atoms with E-state index in [0.717, 1.165) is 25.7 Å². The Bertz CT molecular complexity index is 451. The van der Waals surface area contributed by atoms with Crippen molar-refractivity contribution in [3.8, 4) is 0 Å². The van der Waals surface area contributed by atoms with Crippen LogP contribution in [0, 0.1) is 23.1 Å². The number of rotatable bonds is 2. The molecule has 0 saturated heterocycles. The standard InChI is InChI=1S/C17H23FO/c1-17(2,3)13-10-8-12(9-11-13)16(19)14-6-4-5-7-15(14)18/h4-7,12-13H,8-11H2,1-3H3. The predicted molar refractivity (Wildman–Crippen MR) is 75.6 cm³/mol. The fourth-order valence-corrected chi connectivity index (χ4v) is 3.10. The fourth-order valence-electron chi connectivity index (χ4n) is 3.10. The number of ketones is 1. The average molecular weight is 262 g/mol. The van der Waals surface area contributed by atoms with Gasteiger partial charge < -0.3 is 0 Å². The van der Waals surface area contributed by atoms with Gasteiger partial charge in [0.2, 0.25) is 0 Å². The third kappa shape index (κ3) is 3.23. The lowest BCUT2D eigenvalue weighted by Crippen LogP contribution is -2.29. The van der Waals surface area contributed by atoms with E-state index in [9.17, 15) is 9.18 Å². The Morgan fingerprint density at radius 2 is 1.68 bits per heavy atom. The zero-order chi connectivity index (χ0) is 14.0. The molecule has 0 atom stereocenters. The van der Waals surface area contributed by atoms with Gasteiger partial charge in [-0.2, -0.15) is 0 Å². The van der Waals surface area contributed by atoms with Crippen LogP contribution in [0.15, 0.2) is 24.3 Å². The summed E-state index contributed by atoms with van der Waals surface area (Å²) in [5.41, 5.74) is 0.577. The quantitative estimate of drug-likeness (QED) is 0.695. The van der Waals surface area contributed by atoms with Crippen LogP contribution in [0.2, 0.25) is 0 Å². The summed E-state index contributed by atoms with van der Waals surface area (Å²) in [6.45, 7) is 6.78. The van der Waals surface area contributed by atoms with Crippen LogP contribution in [0.25, 0.3) is 0 Å². The van der Waals surface area contributed by atoms with Crippen molar-refractivity contribution >= 4 is 5.78 Å². The van der Waals surface area contributed by atoms with Gasteiger partial charge in [-0.1, -0.05) is 32.9 Å². The molecule has 0 bridgehead atoms. The third-order valence-electron chi connectivity index (χ3n) is 4.46. The lowest BCUT2D eigenvalue weighted by atomic mass is 9.69. The van der Waals surface area contributed by atoms with Crippen LogP contribution in [0.3, 0.4) is 0 Å². The molecule has 0 radical (unpaired) electrons. The van der Waals surface area contributed by atoms with Crippen molar-refractivity contribution in [2.75, 3.05) is 0 Å². The number of hydrogen-bond donors (Lipinski definition) is 0. The van der Waals surface area contributed by atoms with Crippen molar-refractivity contribution in [3.63, 3.8) is 0 Å². The second-order valence-corrected chi connectivity index (χ2v) is 6.76. The number of carbonyl (C=O) groups excluding carboxylic acids is 1. The Morgan fingerprint density at radius 3 is 2.21 bits per heavy atom. The van der Waals surface area contributed by atoms with Crippen molar-refractivity contribution in [1.82, 2.24) is 0 Å². The summed E-state index contributed by atoms with van der Waals surface area (Å²) in [6, 6.07) is 6.33. The zero-order valence-electron chi connectivity index (χ0n) is 12.1. The summed E-state index contributed by atoms with van der Waals surface area (Å²) in [5, 5.41) is 0. The molecule has 2 heteroatoms. The van der Waals surface area contributed by atoms with Gasteiger partial charge in [0.05, 0.1) is 5.56 Å². The Kier molecular flexibility index (Phi) is 4.07. The first-order valence-electron chi connectivity index (χ1n) is 7.18. The van der Waals surface area contributed by atoms with E-state index in [4.69, 9.17) is 0 Å². The first kappa shape index (κ1) is 14.2. The highest BCUT2D eigenvalue weighted by atomic mass is 19.1. The van der Waals surface area contributed by atoms with Crippen molar-refractivity contribution in [1.29, 1.82) is 0 Å². The molecule has 1 saturated carbocycles. The van der Waals surface area contributed by atoms with E-state index in [0.29, 0.717) is 11.3 Å². The summed E-state index contributed by atoms with van der Waals surface area (Å²) in [4.78, 5) is 12.3. The molecule has 1 fully saturated rings. The molecular weight excluding hydrogens is 239 g/mol. The lowest BCUT2D eigenvalue weighted by Gasteiger charge is -2.36. The Labute approximate surface area is 115 Å². The molecule has 1 aliphatic carbocycles. The molecule has 0 unspecified atom stereocenters. The van der Waals surface area contributed by atoms with Gasteiger partial charge in [-0.05, 0) is 49.1 Å². The fraction of sp³-hybridized carbons (Fsp3) is 0.588. The SMILES string of the molecule is CC(C)(C)C1CCC(C(=O)c2ccccc2F)CC1. The van der Waals surface area contributed by atoms with Gasteiger partial charge in [0.15, 0.2) is 5.78 Å². The minimum atomic E-state index is -0.384. The van der Waals surface area contributed by atoms with Crippen LogP contribution in [0.5, 0.6) is 0 Å². The number of hydrogen-bond acceptors (Lipinski definition) is 1. The minimum Gasteiger partial charge on any atom is -0.294 e. The molecule has 19 heavy (non-hydrogen) atoms. The molecule has 1 nitrogen and oxygen atoms in total. The van der Waals surface area contributed by atoms with Crippen LogP contribution in [0.4, 0.5) is 4.39 Å². The van der Waals surface area contributed by atoms with Crippen LogP contribution >= 0.6 is 0 Å². The van der Waals surface area contributed by atoms with Gasteiger partial charge in [-0.15, -0.1) is 0 Å². The van der Waals surface area contributed by atoms with E-state index in [1.54, 1.807) is 18.2 Å². The summed E-state index contributed by atoms with van der Waals surface area (Å²) in [5.74, 6) is 0.295. The van der Waals surface area contributed by atoms with E-state index in [-0.39, 0.29) is 23.1 Å². The predicted octanol–water partition coefficient (Wildman–Crippen LogP) is 4.86. The Hall–Kier alpha value is -1.18. The molecule has 0 amide bonds. The monoisotopic (exact) mass is 262 g/mol. The second-order valence-electron chi connectivity index (χ2n) is 6.76. The average Bonchev–Trinajstić information content (AvgIpc) is 2.38. The molecule has 2 rings (SSSR count). The van der Waals surface area contributed by atoms with Crippen LogP contribution in [0.1, 0.15) is 56.8 Å². The topological polar surface area (TPSA) is 17.1 Å². The molecule has 0 heterocycles. The normalized spacial score (nSPS) is 24.2. The second kappa shape index (κ2) is 5.44. The van der Waals surface area contributed by atoms with Gasteiger partial charge in [0, 0.05) is 5.92 Å². The van der Waals surface area contributed by atoms with Crippen molar-refractivity contribution in [2.24, 2.45) is 17.3 Å². The molecule has 0 aromatic heterocycles. The summed E-state index contributed by atoms with van der Waals surface area (Å²) < 4.78 is 13.6. The van der Waals surface area contributed by atoms with Gasteiger partial charge in [-0.3, -0.25) is 4.79 Å². The largest absolute Gasteiger partial charge is 0.294 e. The van der Waals surface area contributed by atoms with Gasteiger partial charge in [0.1, 0.15) is 5.82 Å². The molecular formula is C17H23FO. The van der Waals surface area contributed by atoms with Gasteiger partial charge in [-0.25, -0.2) is 4.39 Å².